The summed E-state index contributed by atoms with van der Waals surface area (Å²) in [6.07, 6.45) is 6.38. The first-order valence-corrected chi connectivity index (χ1v) is 7.34. The van der Waals surface area contributed by atoms with Crippen molar-refractivity contribution in [3.8, 4) is 0 Å². The number of imidazole rings is 2. The lowest BCUT2D eigenvalue weighted by atomic mass is 9.97. The van der Waals surface area contributed by atoms with Crippen LogP contribution in [0.4, 0.5) is 0 Å². The lowest BCUT2D eigenvalue weighted by Crippen LogP contribution is -2.35. The van der Waals surface area contributed by atoms with Gasteiger partial charge in [0.2, 0.25) is 0 Å². The molecule has 1 atom stereocenters. The van der Waals surface area contributed by atoms with Gasteiger partial charge in [0.1, 0.15) is 5.82 Å². The van der Waals surface area contributed by atoms with Crippen LogP contribution in [0.3, 0.4) is 0 Å². The van der Waals surface area contributed by atoms with Gasteiger partial charge in [-0.3, -0.25) is 4.90 Å². The first kappa shape index (κ1) is 13.4. The van der Waals surface area contributed by atoms with E-state index >= 15 is 0 Å². The molecule has 5 heteroatoms. The van der Waals surface area contributed by atoms with Gasteiger partial charge in [-0.05, 0) is 33.2 Å². The van der Waals surface area contributed by atoms with Crippen LogP contribution in [-0.2, 0) is 13.6 Å². The third-order valence-corrected chi connectivity index (χ3v) is 4.21. The number of likely N-dealkylation sites (tertiary alicyclic amines) is 1. The molecule has 1 aliphatic heterocycles. The molecule has 2 aromatic rings. The Morgan fingerprint density at radius 3 is 2.90 bits per heavy atom. The largest absolute Gasteiger partial charge is 0.348 e. The van der Waals surface area contributed by atoms with Gasteiger partial charge in [-0.15, -0.1) is 0 Å². The summed E-state index contributed by atoms with van der Waals surface area (Å²) in [5.41, 5.74) is 3.46. The molecule has 0 radical (unpaired) electrons. The molecular formula is C15H23N5. The van der Waals surface area contributed by atoms with Crippen molar-refractivity contribution in [2.75, 3.05) is 13.1 Å². The van der Waals surface area contributed by atoms with Gasteiger partial charge >= 0.3 is 0 Å². The Morgan fingerprint density at radius 1 is 1.40 bits per heavy atom. The number of hydrogen-bond acceptors (Lipinski definition) is 3. The second kappa shape index (κ2) is 5.40. The highest BCUT2D eigenvalue weighted by Gasteiger charge is 2.25. The lowest BCUT2D eigenvalue weighted by Gasteiger charge is -2.32. The maximum atomic E-state index is 4.70. The van der Waals surface area contributed by atoms with Crippen LogP contribution in [0.1, 0.15) is 41.7 Å². The quantitative estimate of drug-likeness (QED) is 0.932. The third-order valence-electron chi connectivity index (χ3n) is 4.21. The van der Waals surface area contributed by atoms with E-state index in [1.165, 1.54) is 30.1 Å². The summed E-state index contributed by atoms with van der Waals surface area (Å²) in [6.45, 7) is 7.33. The highest BCUT2D eigenvalue weighted by atomic mass is 15.2. The van der Waals surface area contributed by atoms with Crippen LogP contribution in [-0.4, -0.2) is 37.5 Å². The van der Waals surface area contributed by atoms with Crippen molar-refractivity contribution in [2.24, 2.45) is 7.05 Å². The SMILES string of the molecule is Cc1cn(C)c(C2CCCN(Cc3nc[nH]c3C)C2)n1. The molecule has 0 aliphatic carbocycles. The molecular weight excluding hydrogens is 250 g/mol. The van der Waals surface area contributed by atoms with Gasteiger partial charge in [-0.1, -0.05) is 0 Å². The predicted molar refractivity (Wildman–Crippen MR) is 78.5 cm³/mol. The Kier molecular flexibility index (Phi) is 3.61. The second-order valence-corrected chi connectivity index (χ2v) is 5.90. The molecule has 3 rings (SSSR count). The fourth-order valence-electron chi connectivity index (χ4n) is 3.18. The lowest BCUT2D eigenvalue weighted by molar-refractivity contribution is 0.193. The van der Waals surface area contributed by atoms with Crippen molar-refractivity contribution in [2.45, 2.75) is 39.2 Å². The maximum absolute atomic E-state index is 4.70. The highest BCUT2D eigenvalue weighted by molar-refractivity contribution is 5.11. The molecule has 1 aliphatic rings. The molecule has 0 saturated carbocycles. The van der Waals surface area contributed by atoms with Crippen LogP contribution in [0.5, 0.6) is 0 Å². The van der Waals surface area contributed by atoms with Crippen molar-refractivity contribution < 1.29 is 0 Å². The van der Waals surface area contributed by atoms with Crippen molar-refractivity contribution in [1.82, 2.24) is 24.4 Å². The van der Waals surface area contributed by atoms with E-state index in [1.54, 1.807) is 6.33 Å². The number of nitrogens with one attached hydrogen (secondary N) is 1. The Labute approximate surface area is 120 Å². The van der Waals surface area contributed by atoms with Gasteiger partial charge in [-0.2, -0.15) is 0 Å². The average Bonchev–Trinajstić information content (AvgIpc) is 2.96. The minimum atomic E-state index is 0.543. The van der Waals surface area contributed by atoms with Gasteiger partial charge in [0.15, 0.2) is 0 Å². The summed E-state index contributed by atoms with van der Waals surface area (Å²) in [7, 11) is 2.10. The number of aryl methyl sites for hydroxylation is 3. The first-order valence-electron chi connectivity index (χ1n) is 7.34. The number of rotatable bonds is 3. The van der Waals surface area contributed by atoms with E-state index in [9.17, 15) is 0 Å². The Morgan fingerprint density at radius 2 is 2.25 bits per heavy atom. The minimum absolute atomic E-state index is 0.543. The molecule has 2 aromatic heterocycles. The van der Waals surface area contributed by atoms with Crippen LogP contribution in [0.2, 0.25) is 0 Å². The summed E-state index contributed by atoms with van der Waals surface area (Å²) in [6, 6.07) is 0. The van der Waals surface area contributed by atoms with E-state index in [2.05, 4.69) is 46.5 Å². The first-order chi connectivity index (χ1) is 9.63. The van der Waals surface area contributed by atoms with Crippen molar-refractivity contribution in [3.63, 3.8) is 0 Å². The third kappa shape index (κ3) is 2.63. The normalized spacial score (nSPS) is 20.4. The number of hydrogen-bond donors (Lipinski definition) is 1. The number of aromatic nitrogens is 4. The van der Waals surface area contributed by atoms with Gasteiger partial charge in [-0.25, -0.2) is 9.97 Å². The number of nitrogens with zero attached hydrogens (tertiary/aromatic N) is 4. The van der Waals surface area contributed by atoms with Gasteiger partial charge in [0.05, 0.1) is 17.7 Å². The van der Waals surface area contributed by atoms with Crippen LogP contribution < -0.4 is 0 Å². The summed E-state index contributed by atoms with van der Waals surface area (Å²) < 4.78 is 2.18. The standard InChI is InChI=1S/C15H23N5/c1-11-7-19(3)15(18-11)13-5-4-6-20(8-13)9-14-12(2)16-10-17-14/h7,10,13H,4-6,8-9H2,1-3H3,(H,16,17). The van der Waals surface area contributed by atoms with Crippen molar-refractivity contribution in [1.29, 1.82) is 0 Å². The molecule has 20 heavy (non-hydrogen) atoms. The van der Waals surface area contributed by atoms with Crippen LogP contribution in [0, 0.1) is 13.8 Å². The Balaban J connectivity index is 1.70. The molecule has 0 spiro atoms. The molecule has 1 N–H and O–H groups in total. The smallest absolute Gasteiger partial charge is 0.113 e. The summed E-state index contributed by atoms with van der Waals surface area (Å²) >= 11 is 0. The van der Waals surface area contributed by atoms with E-state index in [0.717, 1.165) is 25.3 Å². The Bertz CT molecular complexity index is 583. The molecule has 5 nitrogen and oxygen atoms in total. The van der Waals surface area contributed by atoms with Gasteiger partial charge in [0, 0.05) is 37.9 Å². The minimum Gasteiger partial charge on any atom is -0.348 e. The molecule has 1 fully saturated rings. The van der Waals surface area contributed by atoms with Gasteiger partial charge in [0.25, 0.3) is 0 Å². The fourth-order valence-corrected chi connectivity index (χ4v) is 3.18. The molecule has 1 unspecified atom stereocenters. The fraction of sp³-hybridized carbons (Fsp3) is 0.600. The highest BCUT2D eigenvalue weighted by Crippen LogP contribution is 2.27. The maximum Gasteiger partial charge on any atom is 0.113 e. The van der Waals surface area contributed by atoms with Gasteiger partial charge < -0.3 is 9.55 Å². The number of aromatic amines is 1. The number of H-pyrrole nitrogens is 1. The van der Waals surface area contributed by atoms with Crippen molar-refractivity contribution in [3.05, 3.63) is 35.4 Å². The summed E-state index contributed by atoms with van der Waals surface area (Å²) in [5.74, 6) is 1.77. The van der Waals surface area contributed by atoms with Crippen LogP contribution in [0.15, 0.2) is 12.5 Å². The average molecular weight is 273 g/mol. The molecule has 0 bridgehead atoms. The summed E-state index contributed by atoms with van der Waals surface area (Å²) in [5, 5.41) is 0. The summed E-state index contributed by atoms with van der Waals surface area (Å²) in [4.78, 5) is 14.8. The second-order valence-electron chi connectivity index (χ2n) is 5.90. The monoisotopic (exact) mass is 273 g/mol. The Hall–Kier alpha value is -1.62. The molecule has 1 saturated heterocycles. The van der Waals surface area contributed by atoms with E-state index < -0.39 is 0 Å². The van der Waals surface area contributed by atoms with E-state index in [1.807, 2.05) is 0 Å². The van der Waals surface area contributed by atoms with Crippen LogP contribution in [0.25, 0.3) is 0 Å². The number of piperidine rings is 1. The van der Waals surface area contributed by atoms with E-state index in [0.29, 0.717) is 5.92 Å². The molecule has 0 amide bonds. The zero-order valence-corrected chi connectivity index (χ0v) is 12.6. The zero-order chi connectivity index (χ0) is 14.1. The molecule has 0 aromatic carbocycles. The molecule has 108 valence electrons. The van der Waals surface area contributed by atoms with Crippen molar-refractivity contribution >= 4 is 0 Å². The predicted octanol–water partition coefficient (Wildman–Crippen LogP) is 2.14. The van der Waals surface area contributed by atoms with E-state index in [-0.39, 0.29) is 0 Å². The topological polar surface area (TPSA) is 49.7 Å². The van der Waals surface area contributed by atoms with E-state index in [4.69, 9.17) is 4.98 Å². The van der Waals surface area contributed by atoms with Crippen LogP contribution >= 0.6 is 0 Å². The molecule has 3 heterocycles. The zero-order valence-electron chi connectivity index (χ0n) is 12.6.